The van der Waals surface area contributed by atoms with Gasteiger partial charge in [-0.2, -0.15) is 0 Å². The highest BCUT2D eigenvalue weighted by molar-refractivity contribution is 9.10. The molecule has 0 heterocycles. The van der Waals surface area contributed by atoms with Gasteiger partial charge in [-0.15, -0.1) is 0 Å². The number of rotatable bonds is 2. The summed E-state index contributed by atoms with van der Waals surface area (Å²) in [6.07, 6.45) is 1.38. The minimum Gasteiger partial charge on any atom is -0.299 e. The highest BCUT2D eigenvalue weighted by Crippen LogP contribution is 2.34. The molecule has 0 aromatic heterocycles. The summed E-state index contributed by atoms with van der Waals surface area (Å²) < 4.78 is 1.09. The quantitative estimate of drug-likeness (QED) is 0.822. The molecule has 3 rings (SSSR count). The van der Waals surface area contributed by atoms with E-state index in [4.69, 9.17) is 0 Å². The fraction of sp³-hybridized carbons (Fsp3) is 0.188. The van der Waals surface area contributed by atoms with Crippen molar-refractivity contribution in [2.24, 2.45) is 0 Å². The molecule has 0 spiro atoms. The van der Waals surface area contributed by atoms with Crippen LogP contribution in [0, 0.1) is 0 Å². The molecule has 0 aliphatic heterocycles. The molecule has 2 aromatic rings. The highest BCUT2D eigenvalue weighted by Gasteiger charge is 2.30. The normalized spacial score (nSPS) is 17.8. The zero-order chi connectivity index (χ0) is 12.5. The van der Waals surface area contributed by atoms with Gasteiger partial charge in [-0.1, -0.05) is 58.4 Å². The van der Waals surface area contributed by atoms with E-state index in [1.54, 1.807) is 0 Å². The number of ketones is 1. The molecule has 1 aliphatic rings. The molecule has 90 valence electrons. The highest BCUT2D eigenvalue weighted by atomic mass is 79.9. The van der Waals surface area contributed by atoms with Gasteiger partial charge in [0.1, 0.15) is 5.78 Å². The Morgan fingerprint density at radius 2 is 1.78 bits per heavy atom. The van der Waals surface area contributed by atoms with E-state index < -0.39 is 0 Å². The maximum absolute atomic E-state index is 12.1. The van der Waals surface area contributed by atoms with E-state index in [1.807, 2.05) is 30.3 Å². The zero-order valence-corrected chi connectivity index (χ0v) is 11.5. The Hall–Kier alpha value is -1.41. The van der Waals surface area contributed by atoms with E-state index in [2.05, 4.69) is 34.1 Å². The van der Waals surface area contributed by atoms with Crippen LogP contribution < -0.4 is 0 Å². The SMILES string of the molecule is O=C1Cc2ccccc2C1Cc1ccccc1Br. The first-order valence-electron chi connectivity index (χ1n) is 6.09. The van der Waals surface area contributed by atoms with Crippen molar-refractivity contribution < 1.29 is 4.79 Å². The van der Waals surface area contributed by atoms with Gasteiger partial charge in [0.05, 0.1) is 0 Å². The predicted molar refractivity (Wildman–Crippen MR) is 75.7 cm³/mol. The van der Waals surface area contributed by atoms with Gasteiger partial charge in [-0.05, 0) is 29.2 Å². The Kier molecular flexibility index (Phi) is 3.04. The minimum absolute atomic E-state index is 0.0277. The maximum Gasteiger partial charge on any atom is 0.145 e. The van der Waals surface area contributed by atoms with Crippen molar-refractivity contribution in [3.8, 4) is 0 Å². The van der Waals surface area contributed by atoms with E-state index in [0.717, 1.165) is 10.9 Å². The fourth-order valence-electron chi connectivity index (χ4n) is 2.63. The summed E-state index contributed by atoms with van der Waals surface area (Å²) >= 11 is 3.55. The largest absolute Gasteiger partial charge is 0.299 e. The number of fused-ring (bicyclic) bond motifs is 1. The number of carbonyl (C=O) groups excluding carboxylic acids is 1. The zero-order valence-electron chi connectivity index (χ0n) is 9.90. The molecule has 2 heteroatoms. The lowest BCUT2D eigenvalue weighted by atomic mass is 9.93. The van der Waals surface area contributed by atoms with Crippen molar-refractivity contribution in [3.05, 3.63) is 69.7 Å². The molecule has 0 fully saturated rings. The second-order valence-electron chi connectivity index (χ2n) is 4.69. The van der Waals surface area contributed by atoms with E-state index in [9.17, 15) is 4.79 Å². The Morgan fingerprint density at radius 1 is 1.06 bits per heavy atom. The second-order valence-corrected chi connectivity index (χ2v) is 5.54. The number of carbonyl (C=O) groups is 1. The number of Topliss-reactive ketones (excluding diaryl/α,β-unsaturated/α-hetero) is 1. The van der Waals surface area contributed by atoms with E-state index in [-0.39, 0.29) is 5.92 Å². The summed E-state index contributed by atoms with van der Waals surface area (Å²) in [5.74, 6) is 0.367. The summed E-state index contributed by atoms with van der Waals surface area (Å²) in [5.41, 5.74) is 3.60. The average molecular weight is 301 g/mol. The van der Waals surface area contributed by atoms with Gasteiger partial charge in [0, 0.05) is 16.8 Å². The lowest BCUT2D eigenvalue weighted by Gasteiger charge is -2.11. The Morgan fingerprint density at radius 3 is 2.61 bits per heavy atom. The van der Waals surface area contributed by atoms with Crippen LogP contribution in [0.25, 0.3) is 0 Å². The maximum atomic E-state index is 12.1. The summed E-state index contributed by atoms with van der Waals surface area (Å²) in [4.78, 5) is 12.1. The molecule has 1 atom stereocenters. The number of hydrogen-bond acceptors (Lipinski definition) is 1. The number of benzene rings is 2. The molecular formula is C16H13BrO. The van der Waals surface area contributed by atoms with Crippen LogP contribution in [0.5, 0.6) is 0 Å². The standard InChI is InChI=1S/C16H13BrO/c17-15-8-4-2-6-12(15)9-14-13-7-3-1-5-11(13)10-16(14)18/h1-8,14H,9-10H2. The van der Waals surface area contributed by atoms with Crippen molar-refractivity contribution in [1.29, 1.82) is 0 Å². The second kappa shape index (κ2) is 4.69. The van der Waals surface area contributed by atoms with Gasteiger partial charge in [-0.25, -0.2) is 0 Å². The molecular weight excluding hydrogens is 288 g/mol. The molecule has 0 amide bonds. The lowest BCUT2D eigenvalue weighted by molar-refractivity contribution is -0.119. The first-order chi connectivity index (χ1) is 8.75. The van der Waals surface area contributed by atoms with Gasteiger partial charge in [0.15, 0.2) is 0 Å². The minimum atomic E-state index is 0.0277. The van der Waals surface area contributed by atoms with Crippen molar-refractivity contribution in [3.63, 3.8) is 0 Å². The molecule has 1 nitrogen and oxygen atoms in total. The van der Waals surface area contributed by atoms with Crippen molar-refractivity contribution in [2.45, 2.75) is 18.8 Å². The van der Waals surface area contributed by atoms with Crippen molar-refractivity contribution in [1.82, 2.24) is 0 Å². The van der Waals surface area contributed by atoms with Crippen LogP contribution in [0.3, 0.4) is 0 Å². The average Bonchev–Trinajstić information content (AvgIpc) is 2.69. The molecule has 1 aliphatic carbocycles. The van der Waals surface area contributed by atoms with E-state index >= 15 is 0 Å². The van der Waals surface area contributed by atoms with Crippen LogP contribution in [0.4, 0.5) is 0 Å². The summed E-state index contributed by atoms with van der Waals surface area (Å²) in [7, 11) is 0. The van der Waals surface area contributed by atoms with Crippen LogP contribution in [-0.2, 0) is 17.6 Å². The fourth-order valence-corrected chi connectivity index (χ4v) is 3.07. The first-order valence-corrected chi connectivity index (χ1v) is 6.89. The lowest BCUT2D eigenvalue weighted by Crippen LogP contribution is -2.09. The van der Waals surface area contributed by atoms with E-state index in [1.165, 1.54) is 16.7 Å². The summed E-state index contributed by atoms with van der Waals surface area (Å²) in [6.45, 7) is 0. The van der Waals surface area contributed by atoms with Crippen LogP contribution >= 0.6 is 15.9 Å². The Balaban J connectivity index is 1.94. The van der Waals surface area contributed by atoms with Crippen molar-refractivity contribution in [2.75, 3.05) is 0 Å². The van der Waals surface area contributed by atoms with Crippen LogP contribution in [0.2, 0.25) is 0 Å². The molecule has 2 aromatic carbocycles. The third-order valence-corrected chi connectivity index (χ3v) is 4.34. The van der Waals surface area contributed by atoms with Crippen LogP contribution in [-0.4, -0.2) is 5.78 Å². The predicted octanol–water partition coefficient (Wildman–Crippen LogP) is 3.90. The van der Waals surface area contributed by atoms with Gasteiger partial charge >= 0.3 is 0 Å². The molecule has 0 radical (unpaired) electrons. The van der Waals surface area contributed by atoms with Crippen LogP contribution in [0.15, 0.2) is 53.0 Å². The first kappa shape index (κ1) is 11.7. The molecule has 0 bridgehead atoms. The van der Waals surface area contributed by atoms with Crippen LogP contribution in [0.1, 0.15) is 22.6 Å². The molecule has 18 heavy (non-hydrogen) atoms. The van der Waals surface area contributed by atoms with Gasteiger partial charge < -0.3 is 0 Å². The van der Waals surface area contributed by atoms with Crippen molar-refractivity contribution >= 4 is 21.7 Å². The molecule has 0 N–H and O–H groups in total. The third kappa shape index (κ3) is 2.01. The third-order valence-electron chi connectivity index (χ3n) is 3.57. The molecule has 0 saturated heterocycles. The van der Waals surface area contributed by atoms with Gasteiger partial charge in [-0.3, -0.25) is 4.79 Å². The number of hydrogen-bond donors (Lipinski definition) is 0. The molecule has 1 unspecified atom stereocenters. The monoisotopic (exact) mass is 300 g/mol. The summed E-state index contributed by atoms with van der Waals surface area (Å²) in [5, 5.41) is 0. The topological polar surface area (TPSA) is 17.1 Å². The van der Waals surface area contributed by atoms with E-state index in [0.29, 0.717) is 12.2 Å². The summed E-state index contributed by atoms with van der Waals surface area (Å²) in [6, 6.07) is 16.3. The van der Waals surface area contributed by atoms with Gasteiger partial charge in [0.25, 0.3) is 0 Å². The molecule has 0 saturated carbocycles. The Bertz CT molecular complexity index is 604. The smallest absolute Gasteiger partial charge is 0.145 e. The number of halogens is 1. The van der Waals surface area contributed by atoms with Gasteiger partial charge in [0.2, 0.25) is 0 Å². The Labute approximate surface area is 115 Å².